The predicted octanol–water partition coefficient (Wildman–Crippen LogP) is 4.56. The molecule has 33 heavy (non-hydrogen) atoms. The third kappa shape index (κ3) is 4.17. The number of anilines is 1. The lowest BCUT2D eigenvalue weighted by Gasteiger charge is -2.14. The molecule has 166 valence electrons. The highest BCUT2D eigenvalue weighted by Gasteiger charge is 2.25. The Labute approximate surface area is 191 Å². The summed E-state index contributed by atoms with van der Waals surface area (Å²) < 4.78 is 7.30. The Morgan fingerprint density at radius 3 is 2.48 bits per heavy atom. The molecular weight excluding hydrogens is 414 g/mol. The molecular formula is C26H25N5O2. The molecule has 3 N–H and O–H groups in total. The smallest absolute Gasteiger partial charge is 0.257 e. The van der Waals surface area contributed by atoms with Crippen LogP contribution in [0.3, 0.4) is 0 Å². The fourth-order valence-electron chi connectivity index (χ4n) is 4.06. The van der Waals surface area contributed by atoms with Gasteiger partial charge in [-0.15, -0.1) is 0 Å². The summed E-state index contributed by atoms with van der Waals surface area (Å²) in [5.41, 5.74) is 10.6. The minimum Gasteiger partial charge on any atom is -0.467 e. The van der Waals surface area contributed by atoms with Crippen molar-refractivity contribution in [3.05, 3.63) is 89.9 Å². The van der Waals surface area contributed by atoms with Crippen LogP contribution in [-0.4, -0.2) is 26.5 Å². The zero-order chi connectivity index (χ0) is 22.8. The average molecular weight is 440 g/mol. The minimum atomic E-state index is -0.249. The average Bonchev–Trinajstić information content (AvgIpc) is 3.43. The second kappa shape index (κ2) is 8.78. The number of furan rings is 1. The number of carbonyl (C=O) groups is 1. The van der Waals surface area contributed by atoms with Gasteiger partial charge >= 0.3 is 0 Å². The molecule has 5 aromatic rings. The topological polar surface area (TPSA) is 99.0 Å². The summed E-state index contributed by atoms with van der Waals surface area (Å²) >= 11 is 0. The molecule has 2 aromatic carbocycles. The number of aryl methyl sites for hydroxylation is 1. The number of carbonyl (C=O) groups excluding carboxylic acids is 1. The molecule has 3 heterocycles. The van der Waals surface area contributed by atoms with E-state index in [2.05, 4.69) is 17.4 Å². The van der Waals surface area contributed by atoms with Gasteiger partial charge in [0.2, 0.25) is 0 Å². The van der Waals surface area contributed by atoms with Crippen LogP contribution in [0.4, 0.5) is 5.82 Å². The number of hydrogen-bond donors (Lipinski definition) is 2. The maximum absolute atomic E-state index is 13.4. The zero-order valence-electron chi connectivity index (χ0n) is 18.4. The maximum atomic E-state index is 13.4. The number of aromatic nitrogens is 3. The highest BCUT2D eigenvalue weighted by Crippen LogP contribution is 2.29. The van der Waals surface area contributed by atoms with Gasteiger partial charge in [-0.05, 0) is 49.6 Å². The van der Waals surface area contributed by atoms with Crippen LogP contribution in [-0.2, 0) is 13.0 Å². The van der Waals surface area contributed by atoms with Gasteiger partial charge in [-0.2, -0.15) is 0 Å². The van der Waals surface area contributed by atoms with Gasteiger partial charge in [-0.1, -0.05) is 42.5 Å². The first-order valence-electron chi connectivity index (χ1n) is 11.0. The largest absolute Gasteiger partial charge is 0.467 e. The fourth-order valence-corrected chi connectivity index (χ4v) is 4.06. The SMILES string of the molecule is C[C@@H](CCc1ccccc1)NC(=O)c1c(N)n(Cc2ccco2)c2nc3ccccc3nc12. The molecule has 1 atom stereocenters. The van der Waals surface area contributed by atoms with Crippen molar-refractivity contribution in [3.8, 4) is 0 Å². The van der Waals surface area contributed by atoms with Crippen molar-refractivity contribution in [1.82, 2.24) is 19.9 Å². The first-order chi connectivity index (χ1) is 16.1. The van der Waals surface area contributed by atoms with E-state index in [1.807, 2.05) is 61.5 Å². The minimum absolute atomic E-state index is 0.0333. The Bertz CT molecular complexity index is 1410. The van der Waals surface area contributed by atoms with Gasteiger partial charge in [-0.25, -0.2) is 9.97 Å². The van der Waals surface area contributed by atoms with Gasteiger partial charge in [-0.3, -0.25) is 4.79 Å². The molecule has 0 fully saturated rings. The molecule has 0 unspecified atom stereocenters. The molecule has 0 saturated heterocycles. The van der Waals surface area contributed by atoms with Gasteiger partial charge in [0.25, 0.3) is 5.91 Å². The van der Waals surface area contributed by atoms with Gasteiger partial charge in [0, 0.05) is 6.04 Å². The van der Waals surface area contributed by atoms with E-state index >= 15 is 0 Å². The summed E-state index contributed by atoms with van der Waals surface area (Å²) in [6, 6.07) is 21.5. The molecule has 1 amide bonds. The van der Waals surface area contributed by atoms with E-state index in [4.69, 9.17) is 20.1 Å². The lowest BCUT2D eigenvalue weighted by atomic mass is 10.1. The van der Waals surface area contributed by atoms with Crippen LogP contribution in [0.1, 0.15) is 35.0 Å². The summed E-state index contributed by atoms with van der Waals surface area (Å²) in [5, 5.41) is 3.10. The normalized spacial score (nSPS) is 12.3. The number of nitrogens with zero attached hydrogens (tertiary/aromatic N) is 3. The Hall–Kier alpha value is -4.13. The van der Waals surface area contributed by atoms with Crippen LogP contribution in [0.5, 0.6) is 0 Å². The van der Waals surface area contributed by atoms with E-state index in [9.17, 15) is 4.79 Å². The Morgan fingerprint density at radius 1 is 1.03 bits per heavy atom. The second-order valence-electron chi connectivity index (χ2n) is 8.21. The molecule has 0 bridgehead atoms. The number of amides is 1. The number of nitrogen functional groups attached to an aromatic ring is 1. The number of para-hydroxylation sites is 2. The molecule has 5 rings (SSSR count). The van der Waals surface area contributed by atoms with E-state index in [1.54, 1.807) is 10.8 Å². The van der Waals surface area contributed by atoms with Crippen molar-refractivity contribution in [3.63, 3.8) is 0 Å². The van der Waals surface area contributed by atoms with Gasteiger partial charge < -0.3 is 20.0 Å². The van der Waals surface area contributed by atoms with Crippen LogP contribution >= 0.6 is 0 Å². The molecule has 0 radical (unpaired) electrons. The van der Waals surface area contributed by atoms with Crippen molar-refractivity contribution in [1.29, 1.82) is 0 Å². The summed E-state index contributed by atoms with van der Waals surface area (Å²) in [4.78, 5) is 22.9. The van der Waals surface area contributed by atoms with E-state index in [0.717, 1.165) is 24.1 Å². The standard InChI is InChI=1S/C26H25N5O2/c1-17(13-14-18-8-3-2-4-9-18)28-26(32)22-23-25(30-21-12-6-5-11-20(21)29-23)31(24(22)27)16-19-10-7-15-33-19/h2-12,15,17H,13-14,16,27H2,1H3,(H,28,32)/t17-/m0/s1. The van der Waals surface area contributed by atoms with E-state index in [0.29, 0.717) is 34.6 Å². The third-order valence-corrected chi connectivity index (χ3v) is 5.80. The monoisotopic (exact) mass is 439 g/mol. The maximum Gasteiger partial charge on any atom is 0.257 e. The molecule has 0 spiro atoms. The number of hydrogen-bond acceptors (Lipinski definition) is 5. The van der Waals surface area contributed by atoms with Crippen molar-refractivity contribution in [2.45, 2.75) is 32.4 Å². The van der Waals surface area contributed by atoms with Gasteiger partial charge in [0.1, 0.15) is 22.7 Å². The van der Waals surface area contributed by atoms with Crippen molar-refractivity contribution in [2.24, 2.45) is 0 Å². The predicted molar refractivity (Wildman–Crippen MR) is 129 cm³/mol. The molecule has 0 aliphatic rings. The molecule has 7 heteroatoms. The highest BCUT2D eigenvalue weighted by molar-refractivity contribution is 6.10. The Kier molecular flexibility index (Phi) is 5.52. The fraction of sp³-hybridized carbons (Fsp3) is 0.192. The van der Waals surface area contributed by atoms with Crippen molar-refractivity contribution >= 4 is 33.9 Å². The number of nitrogens with two attached hydrogens (primary N) is 1. The first-order valence-corrected chi connectivity index (χ1v) is 11.0. The van der Waals surface area contributed by atoms with Gasteiger partial charge in [0.15, 0.2) is 5.65 Å². The van der Waals surface area contributed by atoms with E-state index < -0.39 is 0 Å². The molecule has 0 saturated carbocycles. The summed E-state index contributed by atoms with van der Waals surface area (Å²) in [5.74, 6) is 0.794. The van der Waals surface area contributed by atoms with Crippen LogP contribution in [0.15, 0.2) is 77.4 Å². The first kappa shape index (κ1) is 20.8. The number of rotatable bonds is 7. The van der Waals surface area contributed by atoms with E-state index in [1.165, 1.54) is 5.56 Å². The summed E-state index contributed by atoms with van der Waals surface area (Å²) in [6.07, 6.45) is 3.30. The lowest BCUT2D eigenvalue weighted by Crippen LogP contribution is -2.33. The molecule has 7 nitrogen and oxygen atoms in total. The van der Waals surface area contributed by atoms with E-state index in [-0.39, 0.29) is 11.9 Å². The van der Waals surface area contributed by atoms with Crippen LogP contribution in [0.25, 0.3) is 22.2 Å². The second-order valence-corrected chi connectivity index (χ2v) is 8.21. The zero-order valence-corrected chi connectivity index (χ0v) is 18.4. The highest BCUT2D eigenvalue weighted by atomic mass is 16.3. The van der Waals surface area contributed by atoms with Crippen molar-refractivity contribution in [2.75, 3.05) is 5.73 Å². The number of fused-ring (bicyclic) bond motifs is 2. The van der Waals surface area contributed by atoms with Crippen LogP contribution in [0, 0.1) is 0 Å². The van der Waals surface area contributed by atoms with Gasteiger partial charge in [0.05, 0.1) is 23.8 Å². The van der Waals surface area contributed by atoms with Crippen LogP contribution < -0.4 is 11.1 Å². The van der Waals surface area contributed by atoms with Crippen molar-refractivity contribution < 1.29 is 9.21 Å². The number of nitrogens with one attached hydrogen (secondary N) is 1. The Balaban J connectivity index is 1.48. The molecule has 0 aliphatic carbocycles. The Morgan fingerprint density at radius 2 is 1.76 bits per heavy atom. The third-order valence-electron chi connectivity index (χ3n) is 5.80. The summed E-state index contributed by atoms with van der Waals surface area (Å²) in [7, 11) is 0. The summed E-state index contributed by atoms with van der Waals surface area (Å²) in [6.45, 7) is 2.36. The number of benzene rings is 2. The molecule has 0 aliphatic heterocycles. The quantitative estimate of drug-likeness (QED) is 0.387. The lowest BCUT2D eigenvalue weighted by molar-refractivity contribution is 0.0940. The molecule has 3 aromatic heterocycles. The van der Waals surface area contributed by atoms with Crippen LogP contribution in [0.2, 0.25) is 0 Å².